The van der Waals surface area contributed by atoms with E-state index in [1.54, 1.807) is 19.1 Å². The molecule has 0 spiro atoms. The van der Waals surface area contributed by atoms with Crippen LogP contribution in [0.15, 0.2) is 47.0 Å². The molecule has 0 saturated carbocycles. The number of hydrogen-bond acceptors (Lipinski definition) is 5. The lowest BCUT2D eigenvalue weighted by molar-refractivity contribution is -0.118. The first-order chi connectivity index (χ1) is 13.0. The number of aromatic nitrogens is 2. The van der Waals surface area contributed by atoms with Crippen LogP contribution in [0.4, 0.5) is 5.69 Å². The van der Waals surface area contributed by atoms with Crippen LogP contribution in [0.5, 0.6) is 5.75 Å². The standard InChI is InChI=1S/C21H23N3O3/c1-14-5-8-16(9-6-14)21-22-19(27-23-21)11-12-20(25)24(3)17-13-15(2)7-10-18(17)26-4/h5-10,13H,11-12H2,1-4H3. The van der Waals surface area contributed by atoms with Gasteiger partial charge in [0.15, 0.2) is 0 Å². The van der Waals surface area contributed by atoms with Crippen molar-refractivity contribution in [2.45, 2.75) is 26.7 Å². The second-order valence-electron chi connectivity index (χ2n) is 6.51. The van der Waals surface area contributed by atoms with E-state index in [0.717, 1.165) is 16.8 Å². The highest BCUT2D eigenvalue weighted by Crippen LogP contribution is 2.29. The van der Waals surface area contributed by atoms with Crippen LogP contribution in [0.2, 0.25) is 0 Å². The van der Waals surface area contributed by atoms with Crippen LogP contribution in [-0.4, -0.2) is 30.2 Å². The van der Waals surface area contributed by atoms with Gasteiger partial charge in [-0.25, -0.2) is 0 Å². The van der Waals surface area contributed by atoms with Gasteiger partial charge in [-0.2, -0.15) is 4.98 Å². The van der Waals surface area contributed by atoms with Crippen LogP contribution in [-0.2, 0) is 11.2 Å². The average molecular weight is 365 g/mol. The van der Waals surface area contributed by atoms with E-state index < -0.39 is 0 Å². The fourth-order valence-corrected chi connectivity index (χ4v) is 2.75. The van der Waals surface area contributed by atoms with Crippen LogP contribution < -0.4 is 9.64 Å². The molecule has 0 N–H and O–H groups in total. The maximum absolute atomic E-state index is 12.6. The molecule has 0 atom stereocenters. The lowest BCUT2D eigenvalue weighted by atomic mass is 10.1. The summed E-state index contributed by atoms with van der Waals surface area (Å²) in [7, 11) is 3.34. The Kier molecular flexibility index (Phi) is 5.54. The molecule has 2 aromatic carbocycles. The van der Waals surface area contributed by atoms with Gasteiger partial charge in [0.2, 0.25) is 17.6 Å². The minimum absolute atomic E-state index is 0.0472. The van der Waals surface area contributed by atoms with Crippen molar-refractivity contribution in [3.63, 3.8) is 0 Å². The third kappa shape index (κ3) is 4.34. The zero-order valence-electron chi connectivity index (χ0n) is 16.0. The Morgan fingerprint density at radius 2 is 1.81 bits per heavy atom. The highest BCUT2D eigenvalue weighted by Gasteiger charge is 2.17. The summed E-state index contributed by atoms with van der Waals surface area (Å²) in [6.07, 6.45) is 0.652. The van der Waals surface area contributed by atoms with Crippen LogP contribution >= 0.6 is 0 Å². The monoisotopic (exact) mass is 365 g/mol. The Morgan fingerprint density at radius 1 is 1.11 bits per heavy atom. The summed E-state index contributed by atoms with van der Waals surface area (Å²) >= 11 is 0. The van der Waals surface area contributed by atoms with Gasteiger partial charge in [-0.1, -0.05) is 41.1 Å². The van der Waals surface area contributed by atoms with Crippen LogP contribution in [0.1, 0.15) is 23.4 Å². The van der Waals surface area contributed by atoms with E-state index in [2.05, 4.69) is 10.1 Å². The number of ether oxygens (including phenoxy) is 1. The quantitative estimate of drug-likeness (QED) is 0.661. The molecule has 1 amide bonds. The Balaban J connectivity index is 1.66. The Bertz CT molecular complexity index is 932. The molecule has 6 nitrogen and oxygen atoms in total. The number of aryl methyl sites for hydroxylation is 3. The molecular weight excluding hydrogens is 342 g/mol. The highest BCUT2D eigenvalue weighted by molar-refractivity contribution is 5.94. The van der Waals surface area contributed by atoms with Crippen molar-refractivity contribution < 1.29 is 14.1 Å². The summed E-state index contributed by atoms with van der Waals surface area (Å²) in [5.74, 6) is 1.60. The summed E-state index contributed by atoms with van der Waals surface area (Å²) in [6, 6.07) is 13.6. The molecule has 140 valence electrons. The number of carbonyl (C=O) groups excluding carboxylic acids is 1. The summed E-state index contributed by atoms with van der Waals surface area (Å²) in [5, 5.41) is 4.01. The number of hydrogen-bond donors (Lipinski definition) is 0. The first-order valence-electron chi connectivity index (χ1n) is 8.78. The lowest BCUT2D eigenvalue weighted by Crippen LogP contribution is -2.27. The lowest BCUT2D eigenvalue weighted by Gasteiger charge is -2.20. The Hall–Kier alpha value is -3.15. The van der Waals surface area contributed by atoms with Gasteiger partial charge in [0.05, 0.1) is 12.8 Å². The summed E-state index contributed by atoms with van der Waals surface area (Å²) in [4.78, 5) is 18.6. The first-order valence-corrected chi connectivity index (χ1v) is 8.78. The van der Waals surface area contributed by atoms with Crippen molar-refractivity contribution in [2.75, 3.05) is 19.1 Å². The minimum Gasteiger partial charge on any atom is -0.495 e. The second kappa shape index (κ2) is 8.03. The molecule has 0 unspecified atom stereocenters. The summed E-state index contributed by atoms with van der Waals surface area (Å²) in [5.41, 5.74) is 3.87. The van der Waals surface area contributed by atoms with Gasteiger partial charge in [-0.15, -0.1) is 0 Å². The molecule has 0 radical (unpaired) electrons. The van der Waals surface area contributed by atoms with Crippen molar-refractivity contribution in [3.8, 4) is 17.1 Å². The van der Waals surface area contributed by atoms with Gasteiger partial charge in [0, 0.05) is 25.5 Å². The van der Waals surface area contributed by atoms with Crippen molar-refractivity contribution >= 4 is 11.6 Å². The average Bonchev–Trinajstić information content (AvgIpc) is 3.15. The van der Waals surface area contributed by atoms with E-state index in [0.29, 0.717) is 23.9 Å². The first kappa shape index (κ1) is 18.6. The number of rotatable bonds is 6. The predicted molar refractivity (Wildman–Crippen MR) is 104 cm³/mol. The summed E-state index contributed by atoms with van der Waals surface area (Å²) < 4.78 is 10.7. The Labute approximate surface area is 158 Å². The van der Waals surface area contributed by atoms with Crippen molar-refractivity contribution in [3.05, 3.63) is 59.5 Å². The van der Waals surface area contributed by atoms with Gasteiger partial charge >= 0.3 is 0 Å². The van der Waals surface area contributed by atoms with E-state index in [9.17, 15) is 4.79 Å². The maximum atomic E-state index is 12.6. The molecule has 0 fully saturated rings. The zero-order valence-corrected chi connectivity index (χ0v) is 16.0. The number of benzene rings is 2. The van der Waals surface area contributed by atoms with Gasteiger partial charge in [0.1, 0.15) is 5.75 Å². The minimum atomic E-state index is -0.0472. The van der Waals surface area contributed by atoms with E-state index in [4.69, 9.17) is 9.26 Å². The van der Waals surface area contributed by atoms with E-state index in [1.165, 1.54) is 5.56 Å². The van der Waals surface area contributed by atoms with Gasteiger partial charge in [0.25, 0.3) is 0 Å². The van der Waals surface area contributed by atoms with E-state index in [1.807, 2.05) is 56.3 Å². The van der Waals surface area contributed by atoms with Crippen LogP contribution in [0.25, 0.3) is 11.4 Å². The number of amides is 1. The second-order valence-corrected chi connectivity index (χ2v) is 6.51. The number of nitrogens with zero attached hydrogens (tertiary/aromatic N) is 3. The molecule has 0 bridgehead atoms. The van der Waals surface area contributed by atoms with Crippen LogP contribution in [0, 0.1) is 13.8 Å². The van der Waals surface area contributed by atoms with Gasteiger partial charge in [-0.05, 0) is 31.5 Å². The van der Waals surface area contributed by atoms with Crippen molar-refractivity contribution in [1.82, 2.24) is 10.1 Å². The van der Waals surface area contributed by atoms with E-state index >= 15 is 0 Å². The number of methoxy groups -OCH3 is 1. The number of carbonyl (C=O) groups is 1. The molecule has 1 aromatic heterocycles. The molecule has 0 aliphatic rings. The molecule has 6 heteroatoms. The number of anilines is 1. The summed E-state index contributed by atoms with van der Waals surface area (Å²) in [6.45, 7) is 4.00. The molecule has 27 heavy (non-hydrogen) atoms. The van der Waals surface area contributed by atoms with Crippen molar-refractivity contribution in [2.24, 2.45) is 0 Å². The normalized spacial score (nSPS) is 10.7. The van der Waals surface area contributed by atoms with Gasteiger partial charge in [-0.3, -0.25) is 4.79 Å². The zero-order chi connectivity index (χ0) is 19.4. The molecule has 3 rings (SSSR count). The Morgan fingerprint density at radius 3 is 2.52 bits per heavy atom. The third-order valence-corrected chi connectivity index (χ3v) is 4.40. The molecule has 0 saturated heterocycles. The molecular formula is C21H23N3O3. The fourth-order valence-electron chi connectivity index (χ4n) is 2.75. The molecule has 1 heterocycles. The van der Waals surface area contributed by atoms with Crippen molar-refractivity contribution in [1.29, 1.82) is 0 Å². The smallest absolute Gasteiger partial charge is 0.227 e. The van der Waals surface area contributed by atoms with E-state index in [-0.39, 0.29) is 12.3 Å². The van der Waals surface area contributed by atoms with Crippen LogP contribution in [0.3, 0.4) is 0 Å². The maximum Gasteiger partial charge on any atom is 0.227 e. The largest absolute Gasteiger partial charge is 0.495 e. The third-order valence-electron chi connectivity index (χ3n) is 4.40. The SMILES string of the molecule is COc1ccc(C)cc1N(C)C(=O)CCc1nc(-c2ccc(C)cc2)no1. The molecule has 3 aromatic rings. The topological polar surface area (TPSA) is 68.5 Å². The molecule has 0 aliphatic carbocycles. The molecule has 0 aliphatic heterocycles. The highest BCUT2D eigenvalue weighted by atomic mass is 16.5. The van der Waals surface area contributed by atoms with Gasteiger partial charge < -0.3 is 14.2 Å². The fraction of sp³-hybridized carbons (Fsp3) is 0.286. The predicted octanol–water partition coefficient (Wildman–Crippen LogP) is 3.96.